The molecule has 0 aliphatic rings. The summed E-state index contributed by atoms with van der Waals surface area (Å²) in [5, 5.41) is 4.28. The second kappa shape index (κ2) is 6.66. The minimum Gasteiger partial charge on any atom is -0.461 e. The van der Waals surface area contributed by atoms with E-state index in [0.29, 0.717) is 13.0 Å². The molecule has 0 aromatic carbocycles. The molecule has 0 aliphatic heterocycles. The van der Waals surface area contributed by atoms with E-state index in [9.17, 15) is 9.59 Å². The standard InChI is InChI=1S/C11H12N2O3S/c1-3-5-6-12-9(14)8-7-17-10(13-8)11(15)16-4-2/h1,7H,4-6H2,2H3,(H,12,14). The van der Waals surface area contributed by atoms with Crippen LogP contribution in [0.15, 0.2) is 5.38 Å². The first kappa shape index (κ1) is 13.2. The molecule has 0 bridgehead atoms. The number of rotatable bonds is 5. The Kier molecular flexibility index (Phi) is 5.17. The van der Waals surface area contributed by atoms with E-state index < -0.39 is 5.97 Å². The molecule has 90 valence electrons. The van der Waals surface area contributed by atoms with E-state index in [1.807, 2.05) is 0 Å². The predicted octanol–water partition coefficient (Wildman–Crippen LogP) is 1.07. The molecule has 0 radical (unpaired) electrons. The Morgan fingerprint density at radius 1 is 1.65 bits per heavy atom. The largest absolute Gasteiger partial charge is 0.461 e. The van der Waals surface area contributed by atoms with Crippen LogP contribution in [-0.2, 0) is 4.74 Å². The van der Waals surface area contributed by atoms with Crippen LogP contribution in [0.25, 0.3) is 0 Å². The van der Waals surface area contributed by atoms with Gasteiger partial charge in [-0.2, -0.15) is 0 Å². The predicted molar refractivity (Wildman–Crippen MR) is 63.9 cm³/mol. The van der Waals surface area contributed by atoms with Gasteiger partial charge in [0.15, 0.2) is 0 Å². The maximum Gasteiger partial charge on any atom is 0.367 e. The van der Waals surface area contributed by atoms with Crippen LogP contribution in [0.3, 0.4) is 0 Å². The van der Waals surface area contributed by atoms with Gasteiger partial charge in [0.2, 0.25) is 5.01 Å². The van der Waals surface area contributed by atoms with Crippen molar-refractivity contribution in [2.24, 2.45) is 0 Å². The van der Waals surface area contributed by atoms with Crippen molar-refractivity contribution in [2.45, 2.75) is 13.3 Å². The third-order valence-corrected chi connectivity index (χ3v) is 2.56. The van der Waals surface area contributed by atoms with Crippen LogP contribution < -0.4 is 5.32 Å². The summed E-state index contributed by atoms with van der Waals surface area (Å²) >= 11 is 1.08. The molecule has 0 saturated heterocycles. The number of ether oxygens (including phenoxy) is 1. The highest BCUT2D eigenvalue weighted by molar-refractivity contribution is 7.11. The van der Waals surface area contributed by atoms with E-state index >= 15 is 0 Å². The molecule has 0 saturated carbocycles. The lowest BCUT2D eigenvalue weighted by atomic mass is 10.4. The van der Waals surface area contributed by atoms with Crippen LogP contribution in [0.2, 0.25) is 0 Å². The zero-order valence-electron chi connectivity index (χ0n) is 9.36. The number of aromatic nitrogens is 1. The first-order chi connectivity index (χ1) is 8.19. The van der Waals surface area contributed by atoms with Gasteiger partial charge in [0, 0.05) is 18.3 Å². The summed E-state index contributed by atoms with van der Waals surface area (Å²) < 4.78 is 4.77. The smallest absolute Gasteiger partial charge is 0.367 e. The van der Waals surface area contributed by atoms with Gasteiger partial charge < -0.3 is 10.1 Å². The normalized spacial score (nSPS) is 9.41. The highest BCUT2D eigenvalue weighted by Crippen LogP contribution is 2.10. The second-order valence-corrected chi connectivity index (χ2v) is 3.83. The Labute approximate surface area is 103 Å². The van der Waals surface area contributed by atoms with Crippen molar-refractivity contribution in [3.05, 3.63) is 16.1 Å². The number of esters is 1. The van der Waals surface area contributed by atoms with Gasteiger partial charge in [0.25, 0.3) is 5.91 Å². The molecule has 1 amide bonds. The maximum atomic E-state index is 11.5. The van der Waals surface area contributed by atoms with Gasteiger partial charge in [0.1, 0.15) is 5.69 Å². The monoisotopic (exact) mass is 252 g/mol. The van der Waals surface area contributed by atoms with Gasteiger partial charge in [-0.3, -0.25) is 4.79 Å². The molecule has 1 rings (SSSR count). The third-order valence-electron chi connectivity index (χ3n) is 1.74. The number of hydrogen-bond donors (Lipinski definition) is 1. The number of nitrogens with one attached hydrogen (secondary N) is 1. The summed E-state index contributed by atoms with van der Waals surface area (Å²) in [6.07, 6.45) is 5.51. The van der Waals surface area contributed by atoms with Crippen LogP contribution in [-0.4, -0.2) is 30.0 Å². The minimum atomic E-state index is -0.514. The van der Waals surface area contributed by atoms with Gasteiger partial charge in [-0.15, -0.1) is 23.7 Å². The number of amides is 1. The maximum absolute atomic E-state index is 11.5. The summed E-state index contributed by atoms with van der Waals surface area (Å²) in [5.41, 5.74) is 0.204. The fourth-order valence-electron chi connectivity index (χ4n) is 1.00. The summed E-state index contributed by atoms with van der Waals surface area (Å²) in [4.78, 5) is 26.7. The number of nitrogens with zero attached hydrogens (tertiary/aromatic N) is 1. The van der Waals surface area contributed by atoms with E-state index in [4.69, 9.17) is 11.2 Å². The lowest BCUT2D eigenvalue weighted by Crippen LogP contribution is -2.24. The Bertz CT molecular complexity index is 448. The Morgan fingerprint density at radius 3 is 3.06 bits per heavy atom. The van der Waals surface area contributed by atoms with E-state index in [1.165, 1.54) is 5.38 Å². The quantitative estimate of drug-likeness (QED) is 0.483. The molecule has 0 atom stereocenters. The number of carbonyl (C=O) groups is 2. The zero-order valence-corrected chi connectivity index (χ0v) is 10.2. The van der Waals surface area contributed by atoms with E-state index in [0.717, 1.165) is 11.3 Å². The lowest BCUT2D eigenvalue weighted by molar-refractivity contribution is 0.0526. The van der Waals surface area contributed by atoms with Crippen LogP contribution in [0, 0.1) is 12.3 Å². The molecule has 1 aromatic rings. The summed E-state index contributed by atoms with van der Waals surface area (Å²) in [6, 6.07) is 0. The van der Waals surface area contributed by atoms with Crippen molar-refractivity contribution < 1.29 is 14.3 Å². The SMILES string of the molecule is C#CCCNC(=O)c1csc(C(=O)OCC)n1. The summed E-state index contributed by atoms with van der Waals surface area (Å²) in [5.74, 6) is 1.55. The highest BCUT2D eigenvalue weighted by Gasteiger charge is 2.15. The highest BCUT2D eigenvalue weighted by atomic mass is 32.1. The Hall–Kier alpha value is -1.87. The van der Waals surface area contributed by atoms with E-state index in [1.54, 1.807) is 6.92 Å². The lowest BCUT2D eigenvalue weighted by Gasteiger charge is -1.99. The first-order valence-corrected chi connectivity index (χ1v) is 5.91. The first-order valence-electron chi connectivity index (χ1n) is 5.03. The van der Waals surface area contributed by atoms with Gasteiger partial charge in [-0.05, 0) is 6.92 Å². The van der Waals surface area contributed by atoms with Crippen molar-refractivity contribution in [2.75, 3.05) is 13.2 Å². The van der Waals surface area contributed by atoms with Crippen molar-refractivity contribution in [3.63, 3.8) is 0 Å². The molecule has 17 heavy (non-hydrogen) atoms. The van der Waals surface area contributed by atoms with Crippen LogP contribution >= 0.6 is 11.3 Å². The van der Waals surface area contributed by atoms with E-state index in [-0.39, 0.29) is 23.2 Å². The van der Waals surface area contributed by atoms with Gasteiger partial charge in [-0.25, -0.2) is 9.78 Å². The number of hydrogen-bond acceptors (Lipinski definition) is 5. The molecule has 5 nitrogen and oxygen atoms in total. The average molecular weight is 252 g/mol. The molecule has 1 N–H and O–H groups in total. The number of terminal acetylenes is 1. The molecule has 6 heteroatoms. The minimum absolute atomic E-state index is 0.175. The molecule has 1 aromatic heterocycles. The zero-order chi connectivity index (χ0) is 12.7. The van der Waals surface area contributed by atoms with Crippen molar-refractivity contribution in [3.8, 4) is 12.3 Å². The Balaban J connectivity index is 2.58. The van der Waals surface area contributed by atoms with Crippen LogP contribution in [0.1, 0.15) is 33.6 Å². The number of carbonyl (C=O) groups excluding carboxylic acids is 2. The van der Waals surface area contributed by atoms with Crippen LogP contribution in [0.4, 0.5) is 0 Å². The second-order valence-electron chi connectivity index (χ2n) is 2.97. The molecule has 0 fully saturated rings. The molecule has 0 spiro atoms. The van der Waals surface area contributed by atoms with Crippen molar-refractivity contribution in [1.29, 1.82) is 0 Å². The molecular formula is C11H12N2O3S. The third kappa shape index (κ3) is 3.89. The average Bonchev–Trinajstić information content (AvgIpc) is 2.79. The van der Waals surface area contributed by atoms with Crippen molar-refractivity contribution in [1.82, 2.24) is 10.3 Å². The summed E-state index contributed by atoms with van der Waals surface area (Å²) in [7, 11) is 0. The summed E-state index contributed by atoms with van der Waals surface area (Å²) in [6.45, 7) is 2.38. The molecule has 1 heterocycles. The van der Waals surface area contributed by atoms with Crippen molar-refractivity contribution >= 4 is 23.2 Å². The molecular weight excluding hydrogens is 240 g/mol. The molecule has 0 aliphatic carbocycles. The fourth-order valence-corrected chi connectivity index (χ4v) is 1.69. The van der Waals surface area contributed by atoms with Gasteiger partial charge >= 0.3 is 5.97 Å². The Morgan fingerprint density at radius 2 is 2.41 bits per heavy atom. The topological polar surface area (TPSA) is 68.3 Å². The number of thiazole rings is 1. The van der Waals surface area contributed by atoms with E-state index in [2.05, 4.69) is 16.2 Å². The van der Waals surface area contributed by atoms with Gasteiger partial charge in [0.05, 0.1) is 6.61 Å². The molecule has 0 unspecified atom stereocenters. The van der Waals surface area contributed by atoms with Gasteiger partial charge in [-0.1, -0.05) is 0 Å². The fraction of sp³-hybridized carbons (Fsp3) is 0.364. The van der Waals surface area contributed by atoms with Crippen LogP contribution in [0.5, 0.6) is 0 Å².